The zero-order valence-corrected chi connectivity index (χ0v) is 13.1. The molecule has 118 valence electrons. The number of hydrogen-bond acceptors (Lipinski definition) is 4. The summed E-state index contributed by atoms with van der Waals surface area (Å²) in [5.41, 5.74) is 2.17. The molecule has 7 nitrogen and oxygen atoms in total. The lowest BCUT2D eigenvalue weighted by molar-refractivity contribution is 0.0695. The lowest BCUT2D eigenvalue weighted by Crippen LogP contribution is -2.51. The Morgan fingerprint density at radius 2 is 2.05 bits per heavy atom. The first kappa shape index (κ1) is 15.0. The van der Waals surface area contributed by atoms with Gasteiger partial charge in [-0.2, -0.15) is 22.1 Å². The second-order valence-electron chi connectivity index (χ2n) is 5.68. The first-order valence-corrected chi connectivity index (χ1v) is 8.81. The van der Waals surface area contributed by atoms with Crippen LogP contribution in [0.1, 0.15) is 30.0 Å². The van der Waals surface area contributed by atoms with Crippen LogP contribution in [-0.2, 0) is 14.9 Å². The molecule has 0 spiro atoms. The van der Waals surface area contributed by atoms with Crippen molar-refractivity contribution in [1.82, 2.24) is 18.8 Å². The maximum absolute atomic E-state index is 12.7. The number of piperidine rings is 1. The first-order chi connectivity index (χ1) is 10.1. The van der Waals surface area contributed by atoms with Crippen LogP contribution in [-0.4, -0.2) is 66.6 Å². The van der Waals surface area contributed by atoms with E-state index in [2.05, 4.69) is 10.2 Å². The molecule has 2 fully saturated rings. The van der Waals surface area contributed by atoms with E-state index in [0.29, 0.717) is 39.4 Å². The number of nitrogens with zero attached hydrogens (tertiary/aromatic N) is 3. The number of aryl methyl sites for hydroxylation is 1. The molecule has 2 aliphatic heterocycles. The summed E-state index contributed by atoms with van der Waals surface area (Å²) < 4.78 is 33.8. The van der Waals surface area contributed by atoms with Crippen molar-refractivity contribution in [1.29, 1.82) is 0 Å². The van der Waals surface area contributed by atoms with Gasteiger partial charge in [0.05, 0.1) is 19.4 Å². The highest BCUT2D eigenvalue weighted by molar-refractivity contribution is 7.86. The van der Waals surface area contributed by atoms with Crippen LogP contribution in [0, 0.1) is 6.92 Å². The predicted octanol–water partition coefficient (Wildman–Crippen LogP) is 0.475. The third kappa shape index (κ3) is 2.98. The van der Waals surface area contributed by atoms with Gasteiger partial charge in [0.25, 0.3) is 10.2 Å². The van der Waals surface area contributed by atoms with Crippen molar-refractivity contribution in [3.8, 4) is 0 Å². The Hall–Kier alpha value is -0.960. The highest BCUT2D eigenvalue weighted by Crippen LogP contribution is 2.29. The van der Waals surface area contributed by atoms with Crippen molar-refractivity contribution in [2.45, 2.75) is 25.7 Å². The van der Waals surface area contributed by atoms with Crippen LogP contribution in [0.3, 0.4) is 0 Å². The van der Waals surface area contributed by atoms with E-state index in [9.17, 15) is 8.42 Å². The fourth-order valence-corrected chi connectivity index (χ4v) is 4.76. The van der Waals surface area contributed by atoms with Gasteiger partial charge in [0.15, 0.2) is 0 Å². The van der Waals surface area contributed by atoms with Crippen molar-refractivity contribution in [3.63, 3.8) is 0 Å². The highest BCUT2D eigenvalue weighted by atomic mass is 32.2. The van der Waals surface area contributed by atoms with Crippen LogP contribution in [0.2, 0.25) is 0 Å². The number of rotatable bonds is 3. The molecule has 3 rings (SSSR count). The van der Waals surface area contributed by atoms with E-state index in [4.69, 9.17) is 4.74 Å². The molecule has 8 heteroatoms. The van der Waals surface area contributed by atoms with E-state index >= 15 is 0 Å². The van der Waals surface area contributed by atoms with Crippen molar-refractivity contribution in [3.05, 3.63) is 17.5 Å². The Bertz CT molecular complexity index is 580. The minimum atomic E-state index is -3.37. The number of hydrogen-bond donors (Lipinski definition) is 1. The summed E-state index contributed by atoms with van der Waals surface area (Å²) in [5, 5.41) is 7.08. The molecule has 0 saturated carbocycles. The molecule has 1 aromatic heterocycles. The van der Waals surface area contributed by atoms with Crippen LogP contribution in [0.4, 0.5) is 0 Å². The van der Waals surface area contributed by atoms with E-state index < -0.39 is 10.2 Å². The van der Waals surface area contributed by atoms with Gasteiger partial charge in [0, 0.05) is 37.8 Å². The molecule has 21 heavy (non-hydrogen) atoms. The summed E-state index contributed by atoms with van der Waals surface area (Å²) >= 11 is 0. The van der Waals surface area contributed by atoms with Gasteiger partial charge in [-0.25, -0.2) is 0 Å². The largest absolute Gasteiger partial charge is 0.379 e. The second-order valence-corrected chi connectivity index (χ2v) is 7.61. The summed E-state index contributed by atoms with van der Waals surface area (Å²) in [6.45, 7) is 5.01. The zero-order chi connectivity index (χ0) is 14.9. The van der Waals surface area contributed by atoms with Crippen LogP contribution < -0.4 is 0 Å². The lowest BCUT2D eigenvalue weighted by atomic mass is 9.94. The number of aromatic amines is 1. The Kier molecular flexibility index (Phi) is 4.30. The van der Waals surface area contributed by atoms with Crippen molar-refractivity contribution >= 4 is 10.2 Å². The molecule has 2 saturated heterocycles. The molecular weight excluding hydrogens is 292 g/mol. The normalized spacial score (nSPS) is 26.0. The van der Waals surface area contributed by atoms with Gasteiger partial charge in [-0.1, -0.05) is 0 Å². The van der Waals surface area contributed by atoms with Gasteiger partial charge < -0.3 is 4.74 Å². The number of nitrogens with one attached hydrogen (secondary N) is 1. The van der Waals surface area contributed by atoms with E-state index in [1.54, 1.807) is 14.8 Å². The van der Waals surface area contributed by atoms with Gasteiger partial charge in [-0.05, 0) is 25.3 Å². The molecule has 0 amide bonds. The summed E-state index contributed by atoms with van der Waals surface area (Å²) in [7, 11) is -3.37. The minimum Gasteiger partial charge on any atom is -0.379 e. The molecule has 0 aromatic carbocycles. The molecule has 1 N–H and O–H groups in total. The van der Waals surface area contributed by atoms with Gasteiger partial charge in [-0.3, -0.25) is 5.10 Å². The average Bonchev–Trinajstić information content (AvgIpc) is 2.94. The maximum atomic E-state index is 12.7. The van der Waals surface area contributed by atoms with Gasteiger partial charge in [0.2, 0.25) is 0 Å². The molecule has 1 aromatic rings. The summed E-state index contributed by atoms with van der Waals surface area (Å²) in [4.78, 5) is 0. The average molecular weight is 314 g/mol. The lowest BCUT2D eigenvalue weighted by Gasteiger charge is -2.36. The molecule has 2 aliphatic rings. The molecule has 0 bridgehead atoms. The van der Waals surface area contributed by atoms with Crippen molar-refractivity contribution in [2.24, 2.45) is 0 Å². The third-order valence-electron chi connectivity index (χ3n) is 4.28. The summed E-state index contributed by atoms with van der Waals surface area (Å²) in [5.74, 6) is 0.206. The molecule has 3 heterocycles. The van der Waals surface area contributed by atoms with E-state index in [-0.39, 0.29) is 5.92 Å². The highest BCUT2D eigenvalue weighted by Gasteiger charge is 2.35. The van der Waals surface area contributed by atoms with E-state index in [0.717, 1.165) is 24.1 Å². The number of aromatic nitrogens is 2. The fraction of sp³-hybridized carbons (Fsp3) is 0.769. The number of H-pyrrole nitrogens is 1. The van der Waals surface area contributed by atoms with Gasteiger partial charge in [0.1, 0.15) is 0 Å². The summed E-state index contributed by atoms with van der Waals surface area (Å²) in [6.07, 6.45) is 3.68. The fourth-order valence-electron chi connectivity index (χ4n) is 3.10. The molecular formula is C13H22N4O3S. The van der Waals surface area contributed by atoms with Crippen molar-refractivity contribution in [2.75, 3.05) is 39.4 Å². The Morgan fingerprint density at radius 1 is 1.29 bits per heavy atom. The van der Waals surface area contributed by atoms with Crippen LogP contribution >= 0.6 is 0 Å². The molecule has 0 aliphatic carbocycles. The minimum absolute atomic E-state index is 0.206. The van der Waals surface area contributed by atoms with Crippen LogP contribution in [0.15, 0.2) is 6.20 Å². The van der Waals surface area contributed by atoms with Crippen LogP contribution in [0.5, 0.6) is 0 Å². The topological polar surface area (TPSA) is 78.5 Å². The van der Waals surface area contributed by atoms with E-state index in [1.165, 1.54) is 0 Å². The van der Waals surface area contributed by atoms with Gasteiger partial charge in [-0.15, -0.1) is 0 Å². The number of ether oxygens (including phenoxy) is 1. The SMILES string of the molecule is Cc1cn[nH]c1[C@@H]1CCCN(S(=O)(=O)N2CCOCC2)C1. The van der Waals surface area contributed by atoms with Crippen molar-refractivity contribution < 1.29 is 13.2 Å². The summed E-state index contributed by atoms with van der Waals surface area (Å²) in [6, 6.07) is 0. The third-order valence-corrected chi connectivity index (χ3v) is 6.28. The molecule has 1 atom stereocenters. The second kappa shape index (κ2) is 6.04. The zero-order valence-electron chi connectivity index (χ0n) is 12.3. The predicted molar refractivity (Wildman–Crippen MR) is 78.2 cm³/mol. The maximum Gasteiger partial charge on any atom is 0.282 e. The van der Waals surface area contributed by atoms with Gasteiger partial charge >= 0.3 is 0 Å². The first-order valence-electron chi connectivity index (χ1n) is 7.42. The standard InChI is InChI=1S/C13H22N4O3S/c1-11-9-14-15-13(11)12-3-2-4-17(10-12)21(18,19)16-5-7-20-8-6-16/h9,12H,2-8,10H2,1H3,(H,14,15)/t12-/m1/s1. The molecule has 0 radical (unpaired) electrons. The molecule has 0 unspecified atom stereocenters. The Labute approximate surface area is 125 Å². The number of morpholine rings is 1. The Balaban J connectivity index is 1.75. The monoisotopic (exact) mass is 314 g/mol. The quantitative estimate of drug-likeness (QED) is 0.880. The smallest absolute Gasteiger partial charge is 0.282 e. The Morgan fingerprint density at radius 3 is 2.71 bits per heavy atom. The van der Waals surface area contributed by atoms with Crippen LogP contribution in [0.25, 0.3) is 0 Å². The van der Waals surface area contributed by atoms with E-state index in [1.807, 2.05) is 6.92 Å².